The van der Waals surface area contributed by atoms with Crippen molar-refractivity contribution in [1.82, 2.24) is 5.01 Å². The number of carbonyl (C=O) groups excluding carboxylic acids is 1. The first-order valence-corrected chi connectivity index (χ1v) is 6.52. The molecule has 15 heavy (non-hydrogen) atoms. The summed E-state index contributed by atoms with van der Waals surface area (Å²) in [7, 11) is 0. The lowest BCUT2D eigenvalue weighted by atomic mass is 10.0. The van der Waals surface area contributed by atoms with Gasteiger partial charge in [0.15, 0.2) is 0 Å². The van der Waals surface area contributed by atoms with Gasteiger partial charge < -0.3 is 5.73 Å². The molecule has 0 spiro atoms. The van der Waals surface area contributed by atoms with Crippen LogP contribution in [0.15, 0.2) is 5.10 Å². The second-order valence-electron chi connectivity index (χ2n) is 4.12. The standard InChI is InChI=1S/C10H17N3OS/c1-7(14)9-6-12-13(10(9)11)8-2-4-15-5-3-8/h6,8-10H,2-5,11H2,1H3. The lowest BCUT2D eigenvalue weighted by Gasteiger charge is -2.33. The minimum absolute atomic E-state index is 0.110. The van der Waals surface area contributed by atoms with Crippen molar-refractivity contribution in [2.75, 3.05) is 11.5 Å². The van der Waals surface area contributed by atoms with Crippen molar-refractivity contribution in [3.05, 3.63) is 0 Å². The first kappa shape index (κ1) is 11.0. The van der Waals surface area contributed by atoms with Gasteiger partial charge in [0.25, 0.3) is 0 Å². The van der Waals surface area contributed by atoms with Crippen LogP contribution < -0.4 is 5.73 Å². The summed E-state index contributed by atoms with van der Waals surface area (Å²) < 4.78 is 0. The van der Waals surface area contributed by atoms with Gasteiger partial charge in [-0.1, -0.05) is 0 Å². The van der Waals surface area contributed by atoms with E-state index in [2.05, 4.69) is 5.10 Å². The van der Waals surface area contributed by atoms with Gasteiger partial charge in [0.2, 0.25) is 0 Å². The number of carbonyl (C=O) groups is 1. The molecule has 1 fully saturated rings. The predicted molar refractivity (Wildman–Crippen MR) is 62.8 cm³/mol. The average molecular weight is 227 g/mol. The minimum Gasteiger partial charge on any atom is -0.309 e. The molecule has 2 aliphatic rings. The highest BCUT2D eigenvalue weighted by Crippen LogP contribution is 2.26. The lowest BCUT2D eigenvalue weighted by molar-refractivity contribution is -0.120. The van der Waals surface area contributed by atoms with Gasteiger partial charge in [-0.15, -0.1) is 0 Å². The van der Waals surface area contributed by atoms with Crippen LogP contribution in [0.3, 0.4) is 0 Å². The molecule has 1 saturated heterocycles. The fraction of sp³-hybridized carbons (Fsp3) is 0.800. The van der Waals surface area contributed by atoms with Crippen molar-refractivity contribution in [2.45, 2.75) is 32.0 Å². The largest absolute Gasteiger partial charge is 0.309 e. The Labute approximate surface area is 94.3 Å². The average Bonchev–Trinajstić information content (AvgIpc) is 2.61. The second-order valence-corrected chi connectivity index (χ2v) is 5.34. The molecule has 2 unspecified atom stereocenters. The van der Waals surface area contributed by atoms with E-state index < -0.39 is 0 Å². The van der Waals surface area contributed by atoms with Gasteiger partial charge in [0.05, 0.1) is 12.0 Å². The molecule has 0 aromatic heterocycles. The Kier molecular flexibility index (Phi) is 3.31. The van der Waals surface area contributed by atoms with Crippen LogP contribution in [-0.4, -0.2) is 40.7 Å². The van der Waals surface area contributed by atoms with E-state index in [4.69, 9.17) is 5.73 Å². The van der Waals surface area contributed by atoms with Gasteiger partial charge in [0.1, 0.15) is 11.9 Å². The summed E-state index contributed by atoms with van der Waals surface area (Å²) in [4.78, 5) is 11.3. The molecule has 0 aromatic rings. The highest BCUT2D eigenvalue weighted by molar-refractivity contribution is 7.99. The van der Waals surface area contributed by atoms with Gasteiger partial charge in [0, 0.05) is 6.21 Å². The van der Waals surface area contributed by atoms with Gasteiger partial charge in [-0.3, -0.25) is 9.80 Å². The Morgan fingerprint density at radius 1 is 1.53 bits per heavy atom. The zero-order valence-corrected chi connectivity index (χ0v) is 9.74. The third-order valence-corrected chi connectivity index (χ3v) is 4.12. The molecule has 2 heterocycles. The SMILES string of the molecule is CC(=O)C1C=NN(C2CCSCC2)C1N. The summed E-state index contributed by atoms with van der Waals surface area (Å²) in [6.45, 7) is 1.58. The summed E-state index contributed by atoms with van der Waals surface area (Å²) in [6, 6.07) is 0.432. The van der Waals surface area contributed by atoms with E-state index in [1.54, 1.807) is 13.1 Å². The molecular formula is C10H17N3OS. The maximum atomic E-state index is 11.3. The molecule has 4 nitrogen and oxygen atoms in total. The number of hydrogen-bond donors (Lipinski definition) is 1. The smallest absolute Gasteiger partial charge is 0.141 e. The van der Waals surface area contributed by atoms with Crippen LogP contribution >= 0.6 is 11.8 Å². The van der Waals surface area contributed by atoms with E-state index in [0.717, 1.165) is 12.8 Å². The summed E-state index contributed by atoms with van der Waals surface area (Å²) in [5.74, 6) is 2.25. The number of ketones is 1. The van der Waals surface area contributed by atoms with Crippen LogP contribution in [-0.2, 0) is 4.79 Å². The molecular weight excluding hydrogens is 210 g/mol. The van der Waals surface area contributed by atoms with Crippen molar-refractivity contribution in [3.8, 4) is 0 Å². The fourth-order valence-corrected chi connectivity index (χ4v) is 3.19. The van der Waals surface area contributed by atoms with E-state index in [1.807, 2.05) is 16.8 Å². The maximum absolute atomic E-state index is 11.3. The van der Waals surface area contributed by atoms with Crippen molar-refractivity contribution in [3.63, 3.8) is 0 Å². The molecule has 2 rings (SSSR count). The number of hydrazone groups is 1. The molecule has 0 bridgehead atoms. The van der Waals surface area contributed by atoms with Crippen LogP contribution in [0.4, 0.5) is 0 Å². The first-order valence-electron chi connectivity index (χ1n) is 5.36. The predicted octanol–water partition coefficient (Wildman–Crippen LogP) is 0.673. The molecule has 2 N–H and O–H groups in total. The molecule has 0 aliphatic carbocycles. The fourth-order valence-electron chi connectivity index (χ4n) is 2.11. The van der Waals surface area contributed by atoms with Crippen molar-refractivity contribution in [1.29, 1.82) is 0 Å². The molecule has 0 radical (unpaired) electrons. The number of nitrogens with zero attached hydrogens (tertiary/aromatic N) is 2. The Morgan fingerprint density at radius 2 is 2.20 bits per heavy atom. The van der Waals surface area contributed by atoms with Crippen LogP contribution in [0.25, 0.3) is 0 Å². The maximum Gasteiger partial charge on any atom is 0.141 e. The van der Waals surface area contributed by atoms with Gasteiger partial charge in [-0.25, -0.2) is 0 Å². The Balaban J connectivity index is 2.00. The molecule has 0 saturated carbocycles. The van der Waals surface area contributed by atoms with E-state index in [-0.39, 0.29) is 17.9 Å². The summed E-state index contributed by atoms with van der Waals surface area (Å²) in [5, 5.41) is 6.23. The summed E-state index contributed by atoms with van der Waals surface area (Å²) >= 11 is 1.98. The second kappa shape index (κ2) is 4.53. The Bertz CT molecular complexity index is 276. The van der Waals surface area contributed by atoms with Gasteiger partial charge in [-0.2, -0.15) is 16.9 Å². The van der Waals surface area contributed by atoms with Gasteiger partial charge in [-0.05, 0) is 31.3 Å². The first-order chi connectivity index (χ1) is 7.20. The molecule has 84 valence electrons. The van der Waals surface area contributed by atoms with Crippen molar-refractivity contribution >= 4 is 23.8 Å². The number of nitrogens with two attached hydrogens (primary N) is 1. The molecule has 0 amide bonds. The molecule has 2 aliphatic heterocycles. The highest BCUT2D eigenvalue weighted by atomic mass is 32.2. The normalized spacial score (nSPS) is 32.3. The third-order valence-electron chi connectivity index (χ3n) is 3.07. The van der Waals surface area contributed by atoms with Crippen LogP contribution in [0.2, 0.25) is 0 Å². The Hall–Kier alpha value is -0.550. The summed E-state index contributed by atoms with van der Waals surface area (Å²) in [5.41, 5.74) is 6.03. The quantitative estimate of drug-likeness (QED) is 0.753. The number of Topliss-reactive ketones (excluding diaryl/α,β-unsaturated/α-hetero) is 1. The Morgan fingerprint density at radius 3 is 2.73 bits per heavy atom. The number of rotatable bonds is 2. The van der Waals surface area contributed by atoms with Crippen LogP contribution in [0.5, 0.6) is 0 Å². The minimum atomic E-state index is -0.240. The van der Waals surface area contributed by atoms with Gasteiger partial charge >= 0.3 is 0 Å². The van der Waals surface area contributed by atoms with Crippen molar-refractivity contribution in [2.24, 2.45) is 16.8 Å². The van der Waals surface area contributed by atoms with Crippen molar-refractivity contribution < 1.29 is 4.79 Å². The van der Waals surface area contributed by atoms with E-state index in [9.17, 15) is 4.79 Å². The van der Waals surface area contributed by atoms with E-state index in [0.29, 0.717) is 6.04 Å². The zero-order chi connectivity index (χ0) is 10.8. The highest BCUT2D eigenvalue weighted by Gasteiger charge is 2.35. The topological polar surface area (TPSA) is 58.7 Å². The third kappa shape index (κ3) is 2.18. The van der Waals surface area contributed by atoms with Crippen LogP contribution in [0, 0.1) is 5.92 Å². The molecule has 2 atom stereocenters. The summed E-state index contributed by atoms with van der Waals surface area (Å²) in [6.07, 6.45) is 3.71. The monoisotopic (exact) mass is 227 g/mol. The molecule has 5 heteroatoms. The number of thioether (sulfide) groups is 1. The van der Waals surface area contributed by atoms with Crippen LogP contribution in [0.1, 0.15) is 19.8 Å². The lowest BCUT2D eigenvalue weighted by Crippen LogP contribution is -2.48. The van der Waals surface area contributed by atoms with E-state index >= 15 is 0 Å². The molecule has 0 aromatic carbocycles. The zero-order valence-electron chi connectivity index (χ0n) is 8.93. The van der Waals surface area contributed by atoms with E-state index in [1.165, 1.54) is 11.5 Å². The number of hydrogen-bond acceptors (Lipinski definition) is 5.